The van der Waals surface area contributed by atoms with E-state index in [9.17, 15) is 14.3 Å². The molecule has 0 spiro atoms. The molecule has 0 radical (unpaired) electrons. The van der Waals surface area contributed by atoms with Gasteiger partial charge in [-0.3, -0.25) is 9.36 Å². The number of ether oxygens (including phenoxy) is 2. The van der Waals surface area contributed by atoms with Gasteiger partial charge in [-0.2, -0.15) is 0 Å². The highest BCUT2D eigenvalue weighted by Crippen LogP contribution is 2.38. The molecule has 0 heterocycles. The molecule has 63 heavy (non-hydrogen) atoms. The van der Waals surface area contributed by atoms with Crippen LogP contribution >= 0.6 is 7.82 Å². The minimum Gasteiger partial charge on any atom is -0.756 e. The molecule has 376 valence electrons. The first-order chi connectivity index (χ1) is 30.6. The van der Waals surface area contributed by atoms with Gasteiger partial charge in [0.1, 0.15) is 19.3 Å². The van der Waals surface area contributed by atoms with Gasteiger partial charge >= 0.3 is 5.97 Å². The maximum Gasteiger partial charge on any atom is 0.306 e. The number of allylic oxidation sites excluding steroid dienone is 2. The predicted molar refractivity (Wildman–Crippen MR) is 268 cm³/mol. The van der Waals surface area contributed by atoms with Gasteiger partial charge < -0.3 is 27.9 Å². The zero-order chi connectivity index (χ0) is 46.2. The van der Waals surface area contributed by atoms with Crippen LogP contribution in [0, 0.1) is 0 Å². The maximum absolute atomic E-state index is 12.7. The van der Waals surface area contributed by atoms with Crippen molar-refractivity contribution in [2.24, 2.45) is 0 Å². The van der Waals surface area contributed by atoms with Gasteiger partial charge in [-0.05, 0) is 38.5 Å². The Balaban J connectivity index is 4.00. The van der Waals surface area contributed by atoms with Crippen LogP contribution in [0.5, 0.6) is 0 Å². The lowest BCUT2D eigenvalue weighted by molar-refractivity contribution is -0.870. The number of unbranched alkanes of at least 4 members (excludes halogenated alkanes) is 36. The molecule has 0 fully saturated rings. The van der Waals surface area contributed by atoms with Crippen molar-refractivity contribution in [2.45, 2.75) is 277 Å². The van der Waals surface area contributed by atoms with Crippen LogP contribution in [-0.4, -0.2) is 70.7 Å². The van der Waals surface area contributed by atoms with Gasteiger partial charge in [0.05, 0.1) is 34.4 Å². The quantitative estimate of drug-likeness (QED) is 0.0197. The zero-order valence-electron chi connectivity index (χ0n) is 42.8. The number of phosphoric acid groups is 1. The fourth-order valence-corrected chi connectivity index (χ4v) is 8.80. The molecule has 0 aromatic carbocycles. The standard InChI is InChI=1S/C54H108NO7P/c1-6-8-10-12-14-16-18-20-22-23-24-25-26-27-28-29-30-31-32-34-36-38-40-42-44-46-49-59-51-53(52-61-63(57,58)60-50-48-55(3,4)5)62-54(56)47-45-43-41-39-37-35-33-21-19-17-15-13-11-9-7-2/h21,33,53H,6-20,22-32,34-52H2,1-5H3/b33-21-. The second-order valence-electron chi connectivity index (χ2n) is 20.0. The van der Waals surface area contributed by atoms with Crippen LogP contribution in [-0.2, 0) is 27.9 Å². The van der Waals surface area contributed by atoms with Crippen molar-refractivity contribution in [3.8, 4) is 0 Å². The lowest BCUT2D eigenvalue weighted by atomic mass is 10.0. The molecule has 0 aliphatic heterocycles. The number of rotatable bonds is 52. The van der Waals surface area contributed by atoms with Gasteiger partial charge in [-0.25, -0.2) is 0 Å². The van der Waals surface area contributed by atoms with Crippen molar-refractivity contribution >= 4 is 13.8 Å². The molecular formula is C54H108NO7P. The summed E-state index contributed by atoms with van der Waals surface area (Å²) in [7, 11) is 1.37. The molecule has 0 saturated heterocycles. The first-order valence-corrected chi connectivity index (χ1v) is 28.9. The molecule has 0 aromatic heterocycles. The van der Waals surface area contributed by atoms with Gasteiger partial charge in [0.15, 0.2) is 0 Å². The lowest BCUT2D eigenvalue weighted by Crippen LogP contribution is -2.37. The van der Waals surface area contributed by atoms with E-state index in [0.29, 0.717) is 24.1 Å². The van der Waals surface area contributed by atoms with E-state index < -0.39 is 13.9 Å². The Morgan fingerprint density at radius 1 is 0.476 bits per heavy atom. The van der Waals surface area contributed by atoms with E-state index in [-0.39, 0.29) is 25.8 Å². The Kier molecular flexibility index (Phi) is 47.1. The number of carbonyl (C=O) groups is 1. The highest BCUT2D eigenvalue weighted by atomic mass is 31.2. The van der Waals surface area contributed by atoms with Crippen LogP contribution < -0.4 is 4.89 Å². The summed E-state index contributed by atoms with van der Waals surface area (Å²) in [5.74, 6) is -0.336. The van der Waals surface area contributed by atoms with Crippen LogP contribution in [0.2, 0.25) is 0 Å². The summed E-state index contributed by atoms with van der Waals surface area (Å²) in [6.07, 6.45) is 55.4. The number of likely N-dealkylation sites (N-methyl/N-ethyl adjacent to an activating group) is 1. The third-order valence-corrected chi connectivity index (χ3v) is 13.3. The van der Waals surface area contributed by atoms with E-state index in [1.807, 2.05) is 21.1 Å². The molecule has 9 heteroatoms. The molecular weight excluding hydrogens is 806 g/mol. The number of nitrogens with zero attached hydrogens (tertiary/aromatic N) is 1. The molecule has 0 amide bonds. The fraction of sp³-hybridized carbons (Fsp3) is 0.944. The molecule has 0 aliphatic carbocycles. The summed E-state index contributed by atoms with van der Waals surface area (Å²) < 4.78 is 34.8. The third-order valence-electron chi connectivity index (χ3n) is 12.3. The van der Waals surface area contributed by atoms with Crippen molar-refractivity contribution in [1.29, 1.82) is 0 Å². The van der Waals surface area contributed by atoms with Crippen molar-refractivity contribution in [2.75, 3.05) is 54.1 Å². The van der Waals surface area contributed by atoms with Crippen molar-refractivity contribution in [3.63, 3.8) is 0 Å². The number of phosphoric ester groups is 1. The summed E-state index contributed by atoms with van der Waals surface area (Å²) in [4.78, 5) is 25.2. The molecule has 0 saturated carbocycles. The summed E-state index contributed by atoms with van der Waals surface area (Å²) in [5.41, 5.74) is 0. The molecule has 0 bridgehead atoms. The SMILES string of the molecule is CCCCCCCC/C=C\CCCCCCCC(=O)OC(COCCCCCCCCCCCCCCCCCCCCCCCCCCCC)COP(=O)([O-])OCC[N+](C)(C)C. The number of hydrogen-bond donors (Lipinski definition) is 0. The van der Waals surface area contributed by atoms with E-state index in [0.717, 1.165) is 44.9 Å². The molecule has 0 aromatic rings. The Bertz CT molecular complexity index is 1020. The molecule has 8 nitrogen and oxygen atoms in total. The summed E-state index contributed by atoms with van der Waals surface area (Å²) in [5, 5.41) is 0. The summed E-state index contributed by atoms with van der Waals surface area (Å²) in [6, 6.07) is 0. The van der Waals surface area contributed by atoms with E-state index in [1.165, 1.54) is 205 Å². The highest BCUT2D eigenvalue weighted by molar-refractivity contribution is 7.45. The van der Waals surface area contributed by atoms with Crippen LogP contribution in [0.15, 0.2) is 12.2 Å². The largest absolute Gasteiger partial charge is 0.756 e. The highest BCUT2D eigenvalue weighted by Gasteiger charge is 2.20. The fourth-order valence-electron chi connectivity index (χ4n) is 8.07. The van der Waals surface area contributed by atoms with Gasteiger partial charge in [0.25, 0.3) is 7.82 Å². The first kappa shape index (κ1) is 62.2. The second-order valence-corrected chi connectivity index (χ2v) is 21.4. The number of hydrogen-bond acceptors (Lipinski definition) is 7. The van der Waals surface area contributed by atoms with Gasteiger partial charge in [0.2, 0.25) is 0 Å². The number of esters is 1. The Morgan fingerprint density at radius 2 is 0.825 bits per heavy atom. The average molecular weight is 914 g/mol. The van der Waals surface area contributed by atoms with Gasteiger partial charge in [-0.1, -0.05) is 238 Å². The Morgan fingerprint density at radius 3 is 1.21 bits per heavy atom. The second kappa shape index (κ2) is 47.7. The van der Waals surface area contributed by atoms with E-state index >= 15 is 0 Å². The van der Waals surface area contributed by atoms with E-state index in [4.69, 9.17) is 18.5 Å². The molecule has 0 rings (SSSR count). The van der Waals surface area contributed by atoms with Gasteiger partial charge in [-0.15, -0.1) is 0 Å². The van der Waals surface area contributed by atoms with Crippen LogP contribution in [0.25, 0.3) is 0 Å². The summed E-state index contributed by atoms with van der Waals surface area (Å²) in [6.45, 7) is 5.46. The molecule has 2 unspecified atom stereocenters. The third kappa shape index (κ3) is 52.1. The predicted octanol–water partition coefficient (Wildman–Crippen LogP) is 16.3. The van der Waals surface area contributed by atoms with Crippen molar-refractivity contribution in [1.82, 2.24) is 0 Å². The van der Waals surface area contributed by atoms with E-state index in [2.05, 4.69) is 26.0 Å². The normalized spacial score (nSPS) is 13.6. The monoisotopic (exact) mass is 914 g/mol. The van der Waals surface area contributed by atoms with Crippen LogP contribution in [0.3, 0.4) is 0 Å². The number of quaternary nitrogens is 1. The van der Waals surface area contributed by atoms with E-state index in [1.54, 1.807) is 0 Å². The van der Waals surface area contributed by atoms with Crippen molar-refractivity contribution in [3.05, 3.63) is 12.2 Å². The number of carbonyl (C=O) groups excluding carboxylic acids is 1. The molecule has 0 aliphatic rings. The first-order valence-electron chi connectivity index (χ1n) is 27.4. The van der Waals surface area contributed by atoms with Crippen molar-refractivity contribution < 1.29 is 37.3 Å². The Labute approximate surface area is 392 Å². The topological polar surface area (TPSA) is 94.1 Å². The maximum atomic E-state index is 12.7. The zero-order valence-corrected chi connectivity index (χ0v) is 43.7. The van der Waals surface area contributed by atoms with Crippen LogP contribution in [0.1, 0.15) is 271 Å². The van der Waals surface area contributed by atoms with Crippen LogP contribution in [0.4, 0.5) is 0 Å². The van der Waals surface area contributed by atoms with Gasteiger partial charge in [0, 0.05) is 13.0 Å². The molecule has 2 atom stereocenters. The molecule has 0 N–H and O–H groups in total. The lowest BCUT2D eigenvalue weighted by Gasteiger charge is -2.28. The average Bonchev–Trinajstić information content (AvgIpc) is 3.24. The minimum atomic E-state index is -4.53. The smallest absolute Gasteiger partial charge is 0.306 e. The minimum absolute atomic E-state index is 0.0281. The Hall–Kier alpha value is -0.760. The summed E-state index contributed by atoms with van der Waals surface area (Å²) >= 11 is 0.